The number of nitrogen functional groups attached to an aromatic ring is 1. The van der Waals surface area contributed by atoms with E-state index in [1.165, 1.54) is 0 Å². The van der Waals surface area contributed by atoms with Crippen LogP contribution in [0.25, 0.3) is 11.4 Å². The van der Waals surface area contributed by atoms with Crippen LogP contribution in [-0.4, -0.2) is 15.0 Å². The lowest BCUT2D eigenvalue weighted by molar-refractivity contribution is 0.767. The standard InChI is InChI=1S/C12H13BrN4/c1-7(2)10-15-11(17-12(14)16-10)8-5-3-4-6-9(8)13/h3-7H,1-2H3,(H2,14,15,16,17). The molecule has 0 atom stereocenters. The van der Waals surface area contributed by atoms with Crippen molar-refractivity contribution in [3.63, 3.8) is 0 Å². The summed E-state index contributed by atoms with van der Waals surface area (Å²) in [5.41, 5.74) is 6.63. The third kappa shape index (κ3) is 2.61. The number of rotatable bonds is 2. The zero-order chi connectivity index (χ0) is 12.4. The minimum atomic E-state index is 0.224. The Labute approximate surface area is 108 Å². The topological polar surface area (TPSA) is 64.7 Å². The molecule has 4 nitrogen and oxygen atoms in total. The van der Waals surface area contributed by atoms with Gasteiger partial charge in [-0.15, -0.1) is 0 Å². The molecule has 2 N–H and O–H groups in total. The van der Waals surface area contributed by atoms with Crippen LogP contribution in [0.15, 0.2) is 28.7 Å². The lowest BCUT2D eigenvalue weighted by Crippen LogP contribution is -2.06. The summed E-state index contributed by atoms with van der Waals surface area (Å²) in [6, 6.07) is 7.78. The van der Waals surface area contributed by atoms with Crippen LogP contribution in [0.1, 0.15) is 25.6 Å². The molecule has 2 aromatic rings. The van der Waals surface area contributed by atoms with Crippen LogP contribution < -0.4 is 5.73 Å². The van der Waals surface area contributed by atoms with Crippen molar-refractivity contribution in [1.82, 2.24) is 15.0 Å². The Bertz CT molecular complexity index is 540. The summed E-state index contributed by atoms with van der Waals surface area (Å²) in [5, 5.41) is 0. The molecule has 0 bridgehead atoms. The number of hydrogen-bond donors (Lipinski definition) is 1. The molecule has 0 fully saturated rings. The molecule has 0 aliphatic heterocycles. The van der Waals surface area contributed by atoms with Crippen LogP contribution in [0.4, 0.5) is 5.95 Å². The van der Waals surface area contributed by atoms with Gasteiger partial charge in [-0.1, -0.05) is 48.0 Å². The van der Waals surface area contributed by atoms with E-state index < -0.39 is 0 Å². The lowest BCUT2D eigenvalue weighted by Gasteiger charge is -2.08. The predicted octanol–water partition coefficient (Wildman–Crippen LogP) is 3.01. The summed E-state index contributed by atoms with van der Waals surface area (Å²) < 4.78 is 0.945. The maximum atomic E-state index is 5.71. The van der Waals surface area contributed by atoms with E-state index in [2.05, 4.69) is 30.9 Å². The molecule has 1 heterocycles. The van der Waals surface area contributed by atoms with E-state index in [1.807, 2.05) is 38.1 Å². The molecule has 0 amide bonds. The van der Waals surface area contributed by atoms with E-state index in [1.54, 1.807) is 0 Å². The maximum Gasteiger partial charge on any atom is 0.223 e. The molecule has 17 heavy (non-hydrogen) atoms. The molecule has 0 aliphatic rings. The summed E-state index contributed by atoms with van der Waals surface area (Å²) in [6.07, 6.45) is 0. The largest absolute Gasteiger partial charge is 0.368 e. The van der Waals surface area contributed by atoms with Crippen molar-refractivity contribution in [2.24, 2.45) is 0 Å². The number of nitrogens with zero attached hydrogens (tertiary/aromatic N) is 3. The fraction of sp³-hybridized carbons (Fsp3) is 0.250. The quantitative estimate of drug-likeness (QED) is 0.924. The highest BCUT2D eigenvalue weighted by atomic mass is 79.9. The molecule has 0 saturated carbocycles. The van der Waals surface area contributed by atoms with Gasteiger partial charge in [0.05, 0.1) is 0 Å². The molecule has 0 aliphatic carbocycles. The van der Waals surface area contributed by atoms with Gasteiger partial charge in [0, 0.05) is 16.0 Å². The first-order valence-corrected chi connectivity index (χ1v) is 6.13. The van der Waals surface area contributed by atoms with Gasteiger partial charge in [-0.2, -0.15) is 9.97 Å². The molecule has 0 saturated heterocycles. The Morgan fingerprint density at radius 1 is 1.12 bits per heavy atom. The van der Waals surface area contributed by atoms with Gasteiger partial charge in [0.1, 0.15) is 5.82 Å². The average molecular weight is 293 g/mol. The van der Waals surface area contributed by atoms with Gasteiger partial charge in [0.25, 0.3) is 0 Å². The summed E-state index contributed by atoms with van der Waals surface area (Å²) >= 11 is 3.48. The number of aromatic nitrogens is 3. The highest BCUT2D eigenvalue weighted by Crippen LogP contribution is 2.26. The van der Waals surface area contributed by atoms with Gasteiger partial charge in [0.15, 0.2) is 5.82 Å². The highest BCUT2D eigenvalue weighted by Gasteiger charge is 2.11. The zero-order valence-electron chi connectivity index (χ0n) is 9.68. The molecule has 0 spiro atoms. The Balaban J connectivity index is 2.56. The number of anilines is 1. The van der Waals surface area contributed by atoms with E-state index in [0.29, 0.717) is 11.6 Å². The summed E-state index contributed by atoms with van der Waals surface area (Å²) in [6.45, 7) is 4.05. The lowest BCUT2D eigenvalue weighted by atomic mass is 10.2. The molecule has 1 aromatic heterocycles. The first-order chi connectivity index (χ1) is 8.08. The third-order valence-corrected chi connectivity index (χ3v) is 2.99. The average Bonchev–Trinajstić information content (AvgIpc) is 2.28. The van der Waals surface area contributed by atoms with Crippen LogP contribution in [0.2, 0.25) is 0 Å². The summed E-state index contributed by atoms with van der Waals surface area (Å²) in [5.74, 6) is 1.80. The molecule has 88 valence electrons. The molecule has 2 rings (SSSR count). The van der Waals surface area contributed by atoms with Gasteiger partial charge in [-0.25, -0.2) is 4.98 Å². The van der Waals surface area contributed by atoms with E-state index in [-0.39, 0.29) is 11.9 Å². The van der Waals surface area contributed by atoms with Gasteiger partial charge in [-0.3, -0.25) is 0 Å². The fourth-order valence-electron chi connectivity index (χ4n) is 1.43. The molecule has 5 heteroatoms. The molecular formula is C12H13BrN4. The Kier molecular flexibility index (Phi) is 3.38. The number of hydrogen-bond acceptors (Lipinski definition) is 4. The van der Waals surface area contributed by atoms with Crippen molar-refractivity contribution in [3.8, 4) is 11.4 Å². The van der Waals surface area contributed by atoms with Crippen LogP contribution >= 0.6 is 15.9 Å². The van der Waals surface area contributed by atoms with Gasteiger partial charge in [0.2, 0.25) is 5.95 Å². The Morgan fingerprint density at radius 3 is 2.47 bits per heavy atom. The van der Waals surface area contributed by atoms with E-state index in [0.717, 1.165) is 10.0 Å². The van der Waals surface area contributed by atoms with Crippen LogP contribution in [0, 0.1) is 0 Å². The van der Waals surface area contributed by atoms with E-state index in [9.17, 15) is 0 Å². The van der Waals surface area contributed by atoms with Crippen molar-refractivity contribution in [2.45, 2.75) is 19.8 Å². The molecule has 0 unspecified atom stereocenters. The minimum Gasteiger partial charge on any atom is -0.368 e. The molecular weight excluding hydrogens is 280 g/mol. The van der Waals surface area contributed by atoms with Crippen molar-refractivity contribution in [1.29, 1.82) is 0 Å². The number of benzene rings is 1. The smallest absolute Gasteiger partial charge is 0.223 e. The van der Waals surface area contributed by atoms with E-state index in [4.69, 9.17) is 5.73 Å². The monoisotopic (exact) mass is 292 g/mol. The fourth-order valence-corrected chi connectivity index (χ4v) is 1.89. The first-order valence-electron chi connectivity index (χ1n) is 5.34. The first kappa shape index (κ1) is 12.0. The summed E-state index contributed by atoms with van der Waals surface area (Å²) in [4.78, 5) is 12.7. The second kappa shape index (κ2) is 4.79. The van der Waals surface area contributed by atoms with Crippen LogP contribution in [0.3, 0.4) is 0 Å². The minimum absolute atomic E-state index is 0.224. The van der Waals surface area contributed by atoms with Crippen molar-refractivity contribution >= 4 is 21.9 Å². The number of nitrogens with two attached hydrogens (primary N) is 1. The SMILES string of the molecule is CC(C)c1nc(N)nc(-c2ccccc2Br)n1. The van der Waals surface area contributed by atoms with Crippen molar-refractivity contribution < 1.29 is 0 Å². The van der Waals surface area contributed by atoms with Crippen molar-refractivity contribution in [2.75, 3.05) is 5.73 Å². The molecule has 0 radical (unpaired) electrons. The second-order valence-corrected chi connectivity index (χ2v) is 4.86. The normalized spacial score (nSPS) is 10.8. The van der Waals surface area contributed by atoms with Crippen LogP contribution in [-0.2, 0) is 0 Å². The van der Waals surface area contributed by atoms with Crippen LogP contribution in [0.5, 0.6) is 0 Å². The summed E-state index contributed by atoms with van der Waals surface area (Å²) in [7, 11) is 0. The molecule has 1 aromatic carbocycles. The van der Waals surface area contributed by atoms with Gasteiger partial charge in [-0.05, 0) is 6.07 Å². The van der Waals surface area contributed by atoms with E-state index >= 15 is 0 Å². The highest BCUT2D eigenvalue weighted by molar-refractivity contribution is 9.10. The second-order valence-electron chi connectivity index (χ2n) is 4.01. The Hall–Kier alpha value is -1.49. The third-order valence-electron chi connectivity index (χ3n) is 2.30. The maximum absolute atomic E-state index is 5.71. The van der Waals surface area contributed by atoms with Gasteiger partial charge >= 0.3 is 0 Å². The zero-order valence-corrected chi connectivity index (χ0v) is 11.3. The van der Waals surface area contributed by atoms with Gasteiger partial charge < -0.3 is 5.73 Å². The number of halogens is 1. The van der Waals surface area contributed by atoms with Crippen molar-refractivity contribution in [3.05, 3.63) is 34.6 Å². The Morgan fingerprint density at radius 2 is 1.82 bits per heavy atom. The predicted molar refractivity (Wildman–Crippen MR) is 71.5 cm³/mol.